The third-order valence-electron chi connectivity index (χ3n) is 4.57. The van der Waals surface area contributed by atoms with Crippen molar-refractivity contribution in [1.82, 2.24) is 0 Å². The Labute approximate surface area is 123 Å². The molecule has 0 aliphatic heterocycles. The van der Waals surface area contributed by atoms with Crippen LogP contribution in [0.1, 0.15) is 45.0 Å². The Morgan fingerprint density at radius 3 is 2.38 bits per heavy atom. The topological polar surface area (TPSA) is 52.6 Å². The number of fused-ring (bicyclic) bond motifs is 2. The molecule has 1 saturated carbocycles. The highest BCUT2D eigenvalue weighted by molar-refractivity contribution is 6.04. The Kier molecular flexibility index (Phi) is 3.53. The molecule has 3 unspecified atom stereocenters. The molecule has 110 valence electrons. The van der Waals surface area contributed by atoms with E-state index in [0.717, 1.165) is 18.4 Å². The number of carbonyl (C=O) groups is 2. The molecular formula is C17H18O4. The van der Waals surface area contributed by atoms with Crippen molar-refractivity contribution in [1.29, 1.82) is 0 Å². The number of rotatable bonds is 3. The van der Waals surface area contributed by atoms with E-state index in [-0.39, 0.29) is 11.5 Å². The summed E-state index contributed by atoms with van der Waals surface area (Å²) in [7, 11) is 2.65. The van der Waals surface area contributed by atoms with Crippen LogP contribution in [0.2, 0.25) is 0 Å². The van der Waals surface area contributed by atoms with Crippen molar-refractivity contribution in [2.45, 2.75) is 18.8 Å². The SMILES string of the molecule is COC(=O)c1cccc(C2CC3C=CC2C3)c1C(=O)OC. The van der Waals surface area contributed by atoms with Crippen molar-refractivity contribution in [2.75, 3.05) is 14.2 Å². The van der Waals surface area contributed by atoms with Crippen molar-refractivity contribution in [2.24, 2.45) is 11.8 Å². The van der Waals surface area contributed by atoms with Gasteiger partial charge in [0.2, 0.25) is 0 Å². The van der Waals surface area contributed by atoms with Crippen LogP contribution in [0.15, 0.2) is 30.4 Å². The first-order valence-electron chi connectivity index (χ1n) is 7.13. The number of allylic oxidation sites excluding steroid dienone is 2. The van der Waals surface area contributed by atoms with Gasteiger partial charge in [0, 0.05) is 0 Å². The fourth-order valence-corrected chi connectivity index (χ4v) is 3.63. The van der Waals surface area contributed by atoms with E-state index in [4.69, 9.17) is 9.47 Å². The predicted octanol–water partition coefficient (Wildman–Crippen LogP) is 2.94. The molecule has 1 aromatic rings. The molecule has 0 radical (unpaired) electrons. The number of hydrogen-bond acceptors (Lipinski definition) is 4. The lowest BCUT2D eigenvalue weighted by Crippen LogP contribution is -2.18. The number of methoxy groups -OCH3 is 2. The van der Waals surface area contributed by atoms with Gasteiger partial charge in [-0.2, -0.15) is 0 Å². The lowest BCUT2D eigenvalue weighted by molar-refractivity contribution is 0.0553. The summed E-state index contributed by atoms with van der Waals surface area (Å²) in [5, 5.41) is 0. The largest absolute Gasteiger partial charge is 0.465 e. The fourth-order valence-electron chi connectivity index (χ4n) is 3.63. The standard InChI is InChI=1S/C17H18O4/c1-20-16(18)13-5-3-4-12(15(13)17(19)21-2)14-9-10-6-7-11(14)8-10/h3-7,10-11,14H,8-9H2,1-2H3. The Hall–Kier alpha value is -2.10. The first-order chi connectivity index (χ1) is 10.2. The van der Waals surface area contributed by atoms with Crippen LogP contribution in [0.5, 0.6) is 0 Å². The first-order valence-corrected chi connectivity index (χ1v) is 7.13. The molecule has 0 aromatic heterocycles. The zero-order valence-electron chi connectivity index (χ0n) is 12.2. The van der Waals surface area contributed by atoms with E-state index in [1.807, 2.05) is 12.1 Å². The minimum absolute atomic E-state index is 0.277. The van der Waals surface area contributed by atoms with Gasteiger partial charge in [-0.25, -0.2) is 9.59 Å². The minimum atomic E-state index is -0.504. The molecule has 3 rings (SSSR count). The second kappa shape index (κ2) is 5.35. The zero-order chi connectivity index (χ0) is 15.0. The summed E-state index contributed by atoms with van der Waals surface area (Å²) in [6, 6.07) is 5.35. The van der Waals surface area contributed by atoms with E-state index in [1.165, 1.54) is 14.2 Å². The predicted molar refractivity (Wildman–Crippen MR) is 77.2 cm³/mol. The summed E-state index contributed by atoms with van der Waals surface area (Å²) in [4.78, 5) is 24.1. The molecule has 3 atom stereocenters. The molecule has 0 heterocycles. The van der Waals surface area contributed by atoms with Crippen LogP contribution in [-0.4, -0.2) is 26.2 Å². The molecule has 21 heavy (non-hydrogen) atoms. The maximum Gasteiger partial charge on any atom is 0.339 e. The van der Waals surface area contributed by atoms with E-state index in [9.17, 15) is 9.59 Å². The van der Waals surface area contributed by atoms with Crippen molar-refractivity contribution in [3.05, 3.63) is 47.0 Å². The second-order valence-electron chi connectivity index (χ2n) is 5.64. The highest BCUT2D eigenvalue weighted by atomic mass is 16.5. The van der Waals surface area contributed by atoms with Crippen LogP contribution in [0.25, 0.3) is 0 Å². The average Bonchev–Trinajstić information content (AvgIpc) is 3.15. The van der Waals surface area contributed by atoms with Crippen LogP contribution in [0.3, 0.4) is 0 Å². The average molecular weight is 286 g/mol. The molecule has 0 spiro atoms. The van der Waals surface area contributed by atoms with Crippen molar-refractivity contribution in [3.63, 3.8) is 0 Å². The van der Waals surface area contributed by atoms with E-state index >= 15 is 0 Å². The monoisotopic (exact) mass is 286 g/mol. The maximum absolute atomic E-state index is 12.2. The van der Waals surface area contributed by atoms with Crippen molar-refractivity contribution in [3.8, 4) is 0 Å². The van der Waals surface area contributed by atoms with E-state index < -0.39 is 11.9 Å². The van der Waals surface area contributed by atoms with Gasteiger partial charge in [-0.1, -0.05) is 24.3 Å². The molecule has 4 nitrogen and oxygen atoms in total. The molecule has 2 bridgehead atoms. The van der Waals surface area contributed by atoms with E-state index in [2.05, 4.69) is 12.2 Å². The summed E-state index contributed by atoms with van der Waals surface area (Å²) < 4.78 is 9.68. The van der Waals surface area contributed by atoms with Crippen LogP contribution in [0.4, 0.5) is 0 Å². The summed E-state index contributed by atoms with van der Waals surface area (Å²) in [6.45, 7) is 0. The Morgan fingerprint density at radius 1 is 1.05 bits per heavy atom. The second-order valence-corrected chi connectivity index (χ2v) is 5.64. The molecule has 0 amide bonds. The molecular weight excluding hydrogens is 268 g/mol. The zero-order valence-corrected chi connectivity index (χ0v) is 12.2. The van der Waals surface area contributed by atoms with Gasteiger partial charge in [-0.05, 0) is 42.2 Å². The van der Waals surface area contributed by atoms with Gasteiger partial charge in [0.1, 0.15) is 0 Å². The van der Waals surface area contributed by atoms with Crippen LogP contribution in [0, 0.1) is 11.8 Å². The normalized spacial score (nSPS) is 25.9. The lowest BCUT2D eigenvalue weighted by Gasteiger charge is -2.22. The van der Waals surface area contributed by atoms with Crippen LogP contribution in [-0.2, 0) is 9.47 Å². The van der Waals surface area contributed by atoms with Gasteiger partial charge in [0.25, 0.3) is 0 Å². The van der Waals surface area contributed by atoms with Crippen molar-refractivity contribution >= 4 is 11.9 Å². The Morgan fingerprint density at radius 2 is 1.81 bits per heavy atom. The Balaban J connectivity index is 2.09. The number of carbonyl (C=O) groups excluding carboxylic acids is 2. The number of benzene rings is 1. The molecule has 0 saturated heterocycles. The maximum atomic E-state index is 12.2. The third-order valence-corrected chi connectivity index (χ3v) is 4.57. The molecule has 1 aromatic carbocycles. The Bertz CT molecular complexity index is 617. The van der Waals surface area contributed by atoms with Crippen LogP contribution < -0.4 is 0 Å². The highest BCUT2D eigenvalue weighted by Crippen LogP contribution is 2.49. The minimum Gasteiger partial charge on any atom is -0.465 e. The first kappa shape index (κ1) is 13.9. The summed E-state index contributed by atoms with van der Waals surface area (Å²) in [5.74, 6) is 0.339. The number of hydrogen-bond donors (Lipinski definition) is 0. The van der Waals surface area contributed by atoms with Gasteiger partial charge >= 0.3 is 11.9 Å². The van der Waals surface area contributed by atoms with Gasteiger partial charge in [0.05, 0.1) is 25.3 Å². The van der Waals surface area contributed by atoms with Gasteiger partial charge in [0.15, 0.2) is 0 Å². The van der Waals surface area contributed by atoms with Crippen LogP contribution >= 0.6 is 0 Å². The van der Waals surface area contributed by atoms with Gasteiger partial charge in [-0.15, -0.1) is 0 Å². The van der Waals surface area contributed by atoms with E-state index in [0.29, 0.717) is 17.4 Å². The third kappa shape index (κ3) is 2.24. The number of ether oxygens (including phenoxy) is 2. The lowest BCUT2D eigenvalue weighted by atomic mass is 9.83. The molecule has 2 aliphatic rings. The van der Waals surface area contributed by atoms with Gasteiger partial charge in [-0.3, -0.25) is 0 Å². The molecule has 4 heteroatoms. The molecule has 1 fully saturated rings. The summed E-state index contributed by atoms with van der Waals surface area (Å²) in [6.07, 6.45) is 6.64. The van der Waals surface area contributed by atoms with Gasteiger partial charge < -0.3 is 9.47 Å². The van der Waals surface area contributed by atoms with E-state index in [1.54, 1.807) is 6.07 Å². The number of esters is 2. The molecule has 0 N–H and O–H groups in total. The smallest absolute Gasteiger partial charge is 0.339 e. The quantitative estimate of drug-likeness (QED) is 0.633. The highest BCUT2D eigenvalue weighted by Gasteiger charge is 2.39. The molecule has 2 aliphatic carbocycles. The summed E-state index contributed by atoms with van der Waals surface area (Å²) >= 11 is 0. The van der Waals surface area contributed by atoms with Crippen molar-refractivity contribution < 1.29 is 19.1 Å². The summed E-state index contributed by atoms with van der Waals surface area (Å²) in [5.41, 5.74) is 1.55. The fraction of sp³-hybridized carbons (Fsp3) is 0.412.